The van der Waals surface area contributed by atoms with Crippen LogP contribution >= 0.6 is 15.9 Å². The summed E-state index contributed by atoms with van der Waals surface area (Å²) in [5, 5.41) is 0. The molecule has 0 saturated carbocycles. The fourth-order valence-corrected chi connectivity index (χ4v) is 2.12. The molecule has 7 heteroatoms. The number of nitrogens with zero attached hydrogens (tertiary/aromatic N) is 1. The first-order valence-electron chi connectivity index (χ1n) is 5.65. The Morgan fingerprint density at radius 2 is 1.75 bits per heavy atom. The van der Waals surface area contributed by atoms with Gasteiger partial charge < -0.3 is 4.57 Å². The maximum atomic E-state index is 12.7. The van der Waals surface area contributed by atoms with Crippen LogP contribution in [-0.4, -0.2) is 16.4 Å². The number of hydrogen-bond donors (Lipinski definition) is 2. The van der Waals surface area contributed by atoms with E-state index < -0.39 is 17.6 Å². The number of carbonyl (C=O) groups is 2. The molecule has 20 heavy (non-hydrogen) atoms. The number of halogens is 2. The van der Waals surface area contributed by atoms with Crippen molar-refractivity contribution in [2.45, 2.75) is 0 Å². The quantitative estimate of drug-likeness (QED) is 0.822. The Balaban J connectivity index is 1.98. The summed E-state index contributed by atoms with van der Waals surface area (Å²) in [6.45, 7) is 0. The average molecular weight is 340 g/mol. The molecule has 0 unspecified atom stereocenters. The smallest absolute Gasteiger partial charge is 0.286 e. The highest BCUT2D eigenvalue weighted by molar-refractivity contribution is 9.10. The molecule has 0 radical (unpaired) electrons. The second-order valence-electron chi connectivity index (χ2n) is 4.07. The van der Waals surface area contributed by atoms with Gasteiger partial charge in [0.05, 0.1) is 0 Å². The molecule has 1 aromatic heterocycles. The lowest BCUT2D eigenvalue weighted by Crippen LogP contribution is -2.42. The molecule has 0 atom stereocenters. The van der Waals surface area contributed by atoms with Gasteiger partial charge in [-0.1, -0.05) is 0 Å². The molecule has 0 saturated heterocycles. The van der Waals surface area contributed by atoms with Gasteiger partial charge in [-0.3, -0.25) is 20.4 Å². The number of hydrogen-bond acceptors (Lipinski definition) is 2. The lowest BCUT2D eigenvalue weighted by molar-refractivity contribution is 0.0842. The lowest BCUT2D eigenvalue weighted by atomic mass is 10.2. The van der Waals surface area contributed by atoms with Crippen LogP contribution < -0.4 is 10.9 Å². The molecule has 0 fully saturated rings. The summed E-state index contributed by atoms with van der Waals surface area (Å²) in [5.41, 5.74) is 5.19. The van der Waals surface area contributed by atoms with Crippen LogP contribution in [0.4, 0.5) is 4.39 Å². The molecule has 2 amide bonds. The normalized spacial score (nSPS) is 10.2. The molecular weight excluding hydrogens is 329 g/mol. The van der Waals surface area contributed by atoms with E-state index in [0.717, 1.165) is 4.47 Å². The Morgan fingerprint density at radius 1 is 1.15 bits per heavy atom. The monoisotopic (exact) mass is 339 g/mol. The molecule has 0 aliphatic heterocycles. The van der Waals surface area contributed by atoms with Crippen molar-refractivity contribution < 1.29 is 14.0 Å². The van der Waals surface area contributed by atoms with Gasteiger partial charge in [-0.15, -0.1) is 0 Å². The molecule has 2 N–H and O–H groups in total. The van der Waals surface area contributed by atoms with Gasteiger partial charge in [0.1, 0.15) is 11.5 Å². The molecule has 0 aliphatic carbocycles. The highest BCUT2D eigenvalue weighted by Crippen LogP contribution is 2.13. The van der Waals surface area contributed by atoms with Crippen molar-refractivity contribution in [1.82, 2.24) is 15.4 Å². The van der Waals surface area contributed by atoms with E-state index in [1.165, 1.54) is 24.3 Å². The first-order chi connectivity index (χ1) is 9.47. The Morgan fingerprint density at radius 3 is 2.30 bits per heavy atom. The third kappa shape index (κ3) is 3.24. The Hall–Kier alpha value is -2.15. The minimum atomic E-state index is -0.522. The van der Waals surface area contributed by atoms with Crippen LogP contribution in [0.25, 0.3) is 0 Å². The van der Waals surface area contributed by atoms with Gasteiger partial charge >= 0.3 is 0 Å². The number of hydrazine groups is 1. The lowest BCUT2D eigenvalue weighted by Gasteiger charge is -2.07. The van der Waals surface area contributed by atoms with Crippen molar-refractivity contribution in [3.63, 3.8) is 0 Å². The number of aromatic nitrogens is 1. The predicted octanol–water partition coefficient (Wildman–Crippen LogP) is 2.00. The minimum Gasteiger partial charge on any atom is -0.345 e. The van der Waals surface area contributed by atoms with Gasteiger partial charge in [0, 0.05) is 23.3 Å². The first kappa shape index (κ1) is 14.3. The molecular formula is C13H11BrFN3O2. The SMILES string of the molecule is Cn1cc(Br)cc1C(=O)NNC(=O)c1ccc(F)cc1. The van der Waals surface area contributed by atoms with E-state index in [1.54, 1.807) is 23.9 Å². The maximum absolute atomic E-state index is 12.7. The van der Waals surface area contributed by atoms with E-state index in [1.807, 2.05) is 0 Å². The van der Waals surface area contributed by atoms with Crippen LogP contribution in [0.1, 0.15) is 20.8 Å². The van der Waals surface area contributed by atoms with Crippen molar-refractivity contribution in [2.24, 2.45) is 7.05 Å². The summed E-state index contributed by atoms with van der Waals surface area (Å²) < 4.78 is 15.1. The van der Waals surface area contributed by atoms with Gasteiger partial charge in [0.25, 0.3) is 11.8 Å². The van der Waals surface area contributed by atoms with Crippen LogP contribution in [0.15, 0.2) is 41.0 Å². The van der Waals surface area contributed by atoms with E-state index in [-0.39, 0.29) is 5.56 Å². The largest absolute Gasteiger partial charge is 0.345 e. The maximum Gasteiger partial charge on any atom is 0.286 e. The fraction of sp³-hybridized carbons (Fsp3) is 0.0769. The summed E-state index contributed by atoms with van der Waals surface area (Å²) in [6, 6.07) is 6.63. The zero-order valence-corrected chi connectivity index (χ0v) is 12.1. The second-order valence-corrected chi connectivity index (χ2v) is 4.99. The Kier molecular flexibility index (Phi) is 4.19. The molecule has 104 valence electrons. The molecule has 0 bridgehead atoms. The summed E-state index contributed by atoms with van der Waals surface area (Å²) in [4.78, 5) is 23.6. The van der Waals surface area contributed by atoms with Crippen molar-refractivity contribution in [3.05, 3.63) is 58.1 Å². The summed E-state index contributed by atoms with van der Waals surface area (Å²) in [6.07, 6.45) is 1.72. The molecule has 0 aliphatic rings. The van der Waals surface area contributed by atoms with Crippen molar-refractivity contribution in [2.75, 3.05) is 0 Å². The van der Waals surface area contributed by atoms with E-state index in [9.17, 15) is 14.0 Å². The topological polar surface area (TPSA) is 63.1 Å². The zero-order chi connectivity index (χ0) is 14.7. The summed E-state index contributed by atoms with van der Waals surface area (Å²) in [7, 11) is 1.71. The number of benzene rings is 1. The second kappa shape index (κ2) is 5.87. The van der Waals surface area contributed by atoms with E-state index in [2.05, 4.69) is 26.8 Å². The average Bonchev–Trinajstić information content (AvgIpc) is 2.75. The van der Waals surface area contributed by atoms with Gasteiger partial charge in [-0.25, -0.2) is 4.39 Å². The molecule has 2 rings (SSSR count). The van der Waals surface area contributed by atoms with Gasteiger partial charge in [-0.05, 0) is 46.3 Å². The summed E-state index contributed by atoms with van der Waals surface area (Å²) in [5.74, 6) is -1.40. The summed E-state index contributed by atoms with van der Waals surface area (Å²) >= 11 is 3.25. The fourth-order valence-electron chi connectivity index (χ4n) is 1.60. The van der Waals surface area contributed by atoms with Crippen LogP contribution in [0.5, 0.6) is 0 Å². The van der Waals surface area contributed by atoms with Gasteiger partial charge in [-0.2, -0.15) is 0 Å². The van der Waals surface area contributed by atoms with Crippen LogP contribution in [-0.2, 0) is 7.05 Å². The standard InChI is InChI=1S/C13H11BrFN3O2/c1-18-7-9(14)6-11(18)13(20)17-16-12(19)8-2-4-10(15)5-3-8/h2-7H,1H3,(H,16,19)(H,17,20). The van der Waals surface area contributed by atoms with E-state index in [4.69, 9.17) is 0 Å². The van der Waals surface area contributed by atoms with Crippen LogP contribution in [0.3, 0.4) is 0 Å². The van der Waals surface area contributed by atoms with E-state index >= 15 is 0 Å². The van der Waals surface area contributed by atoms with Gasteiger partial charge in [0.2, 0.25) is 0 Å². The van der Waals surface area contributed by atoms with E-state index in [0.29, 0.717) is 5.69 Å². The molecule has 0 spiro atoms. The third-order valence-corrected chi connectivity index (χ3v) is 3.03. The first-order valence-corrected chi connectivity index (χ1v) is 6.45. The number of aryl methyl sites for hydroxylation is 1. The number of rotatable bonds is 2. The number of amides is 2. The van der Waals surface area contributed by atoms with Crippen LogP contribution in [0, 0.1) is 5.82 Å². The van der Waals surface area contributed by atoms with Crippen LogP contribution in [0.2, 0.25) is 0 Å². The number of nitrogens with one attached hydrogen (secondary N) is 2. The minimum absolute atomic E-state index is 0.250. The third-order valence-electron chi connectivity index (χ3n) is 2.60. The van der Waals surface area contributed by atoms with Crippen molar-refractivity contribution in [1.29, 1.82) is 0 Å². The van der Waals surface area contributed by atoms with Gasteiger partial charge in [0.15, 0.2) is 0 Å². The van der Waals surface area contributed by atoms with Crippen molar-refractivity contribution >= 4 is 27.7 Å². The van der Waals surface area contributed by atoms with Crippen molar-refractivity contribution in [3.8, 4) is 0 Å². The Labute approximate surface area is 122 Å². The Bertz CT molecular complexity index is 652. The zero-order valence-electron chi connectivity index (χ0n) is 10.5. The predicted molar refractivity (Wildman–Crippen MR) is 74.4 cm³/mol. The molecule has 2 aromatic rings. The highest BCUT2D eigenvalue weighted by Gasteiger charge is 2.12. The highest BCUT2D eigenvalue weighted by atomic mass is 79.9. The number of carbonyl (C=O) groups excluding carboxylic acids is 2. The molecule has 1 aromatic carbocycles. The molecule has 1 heterocycles. The molecule has 5 nitrogen and oxygen atoms in total.